The van der Waals surface area contributed by atoms with Gasteiger partial charge in [0.1, 0.15) is 11.5 Å². The first-order valence-electron chi connectivity index (χ1n) is 4.82. The van der Waals surface area contributed by atoms with E-state index in [2.05, 4.69) is 0 Å². The van der Waals surface area contributed by atoms with Gasteiger partial charge in [0.2, 0.25) is 0 Å². The van der Waals surface area contributed by atoms with E-state index in [1.807, 2.05) is 18.2 Å². The third-order valence-corrected chi connectivity index (χ3v) is 2.27. The average Bonchev–Trinajstić information content (AvgIpc) is 2.70. The summed E-state index contributed by atoms with van der Waals surface area (Å²) in [5.74, 6) is 1.03. The van der Waals surface area contributed by atoms with Gasteiger partial charge in [-0.05, 0) is 36.2 Å². The molecule has 0 saturated heterocycles. The molecule has 1 unspecified atom stereocenters. The Morgan fingerprint density at radius 1 is 1.27 bits per heavy atom. The minimum absolute atomic E-state index is 0.165. The molecule has 3 nitrogen and oxygen atoms in total. The fourth-order valence-electron chi connectivity index (χ4n) is 1.54. The molecule has 0 bridgehead atoms. The van der Waals surface area contributed by atoms with Crippen LogP contribution in [0.3, 0.4) is 0 Å². The Bertz CT molecular complexity index is 423. The summed E-state index contributed by atoms with van der Waals surface area (Å²) < 4.78 is 5.21. The minimum Gasteiger partial charge on any atom is -0.508 e. The number of phenols is 1. The summed E-state index contributed by atoms with van der Waals surface area (Å²) in [6.07, 6.45) is 2.26. The van der Waals surface area contributed by atoms with Crippen LogP contribution in [0.4, 0.5) is 0 Å². The van der Waals surface area contributed by atoms with Crippen LogP contribution < -0.4 is 5.73 Å². The van der Waals surface area contributed by atoms with E-state index in [4.69, 9.17) is 10.2 Å². The monoisotopic (exact) mass is 203 g/mol. The number of hydrogen-bond acceptors (Lipinski definition) is 3. The fourth-order valence-corrected chi connectivity index (χ4v) is 1.54. The Kier molecular flexibility index (Phi) is 2.74. The first kappa shape index (κ1) is 9.80. The number of rotatable bonds is 3. The molecule has 15 heavy (non-hydrogen) atoms. The van der Waals surface area contributed by atoms with Crippen LogP contribution in [0.15, 0.2) is 47.1 Å². The molecule has 0 spiro atoms. The highest BCUT2D eigenvalue weighted by Gasteiger charge is 2.09. The van der Waals surface area contributed by atoms with Gasteiger partial charge in [0.15, 0.2) is 0 Å². The van der Waals surface area contributed by atoms with E-state index in [1.165, 1.54) is 0 Å². The van der Waals surface area contributed by atoms with Crippen LogP contribution in [0, 0.1) is 0 Å². The van der Waals surface area contributed by atoms with E-state index in [1.54, 1.807) is 24.5 Å². The number of hydrogen-bond donors (Lipinski definition) is 2. The molecule has 0 aliphatic rings. The highest BCUT2D eigenvalue weighted by atomic mass is 16.3. The maximum Gasteiger partial charge on any atom is 0.120 e. The molecule has 0 saturated carbocycles. The summed E-state index contributed by atoms with van der Waals surface area (Å²) in [6, 6.07) is 10.6. The van der Waals surface area contributed by atoms with Gasteiger partial charge in [-0.15, -0.1) is 0 Å². The maximum atomic E-state index is 9.29. The third kappa shape index (κ3) is 2.39. The van der Waals surface area contributed by atoms with E-state index in [9.17, 15) is 5.11 Å². The number of benzene rings is 1. The van der Waals surface area contributed by atoms with Gasteiger partial charge < -0.3 is 15.3 Å². The molecule has 0 fully saturated rings. The quantitative estimate of drug-likeness (QED) is 0.804. The van der Waals surface area contributed by atoms with Gasteiger partial charge >= 0.3 is 0 Å². The zero-order valence-corrected chi connectivity index (χ0v) is 8.26. The van der Waals surface area contributed by atoms with Crippen molar-refractivity contribution < 1.29 is 9.52 Å². The zero-order chi connectivity index (χ0) is 10.7. The van der Waals surface area contributed by atoms with E-state index in [0.29, 0.717) is 6.42 Å². The molecule has 2 rings (SSSR count). The number of aromatic hydroxyl groups is 1. The molecule has 3 heteroatoms. The number of nitrogens with two attached hydrogens (primary N) is 1. The summed E-state index contributed by atoms with van der Waals surface area (Å²) in [5, 5.41) is 9.29. The second-order valence-electron chi connectivity index (χ2n) is 3.50. The standard InChI is InChI=1S/C12H13NO2/c13-11(12-5-2-6-15-12)8-9-3-1-4-10(14)7-9/h1-7,11,14H,8,13H2. The highest BCUT2D eigenvalue weighted by molar-refractivity contribution is 5.28. The van der Waals surface area contributed by atoms with Crippen molar-refractivity contribution in [3.63, 3.8) is 0 Å². The Hall–Kier alpha value is -1.74. The summed E-state index contributed by atoms with van der Waals surface area (Å²) in [5.41, 5.74) is 6.95. The van der Waals surface area contributed by atoms with Crippen molar-refractivity contribution in [2.45, 2.75) is 12.5 Å². The van der Waals surface area contributed by atoms with Crippen molar-refractivity contribution >= 4 is 0 Å². The van der Waals surface area contributed by atoms with Gasteiger partial charge in [0.25, 0.3) is 0 Å². The lowest BCUT2D eigenvalue weighted by Gasteiger charge is -2.08. The zero-order valence-electron chi connectivity index (χ0n) is 8.26. The third-order valence-electron chi connectivity index (χ3n) is 2.27. The molecule has 0 amide bonds. The van der Waals surface area contributed by atoms with E-state index < -0.39 is 0 Å². The molecule has 78 valence electrons. The Labute approximate surface area is 88.1 Å². The molecule has 0 radical (unpaired) electrons. The van der Waals surface area contributed by atoms with Crippen molar-refractivity contribution in [2.24, 2.45) is 5.73 Å². The van der Waals surface area contributed by atoms with Gasteiger partial charge in [-0.3, -0.25) is 0 Å². The minimum atomic E-state index is -0.165. The largest absolute Gasteiger partial charge is 0.508 e. The lowest BCUT2D eigenvalue weighted by molar-refractivity contribution is 0.461. The molecular weight excluding hydrogens is 190 g/mol. The van der Waals surface area contributed by atoms with E-state index in [0.717, 1.165) is 11.3 Å². The molecule has 2 aromatic rings. The molecule has 1 heterocycles. The number of furan rings is 1. The predicted molar refractivity (Wildman–Crippen MR) is 57.4 cm³/mol. The van der Waals surface area contributed by atoms with Gasteiger partial charge in [-0.1, -0.05) is 12.1 Å². The van der Waals surface area contributed by atoms with Crippen molar-refractivity contribution in [1.82, 2.24) is 0 Å². The van der Waals surface area contributed by atoms with Gasteiger partial charge in [-0.2, -0.15) is 0 Å². The van der Waals surface area contributed by atoms with Gasteiger partial charge in [-0.25, -0.2) is 0 Å². The lowest BCUT2D eigenvalue weighted by Crippen LogP contribution is -2.12. The summed E-state index contributed by atoms with van der Waals surface area (Å²) in [6.45, 7) is 0. The van der Waals surface area contributed by atoms with Crippen LogP contribution in [-0.2, 0) is 6.42 Å². The second kappa shape index (κ2) is 4.19. The second-order valence-corrected chi connectivity index (χ2v) is 3.50. The Balaban J connectivity index is 2.09. The molecule has 0 aliphatic heterocycles. The Morgan fingerprint density at radius 2 is 2.13 bits per heavy atom. The SMILES string of the molecule is NC(Cc1cccc(O)c1)c1ccco1. The van der Waals surface area contributed by atoms with Crippen molar-refractivity contribution in [3.05, 3.63) is 54.0 Å². The molecule has 3 N–H and O–H groups in total. The predicted octanol–water partition coefficient (Wildman–Crippen LogP) is 2.23. The van der Waals surface area contributed by atoms with E-state index >= 15 is 0 Å². The van der Waals surface area contributed by atoms with Crippen LogP contribution in [-0.4, -0.2) is 5.11 Å². The van der Waals surface area contributed by atoms with Gasteiger partial charge in [0.05, 0.1) is 12.3 Å². The van der Waals surface area contributed by atoms with E-state index in [-0.39, 0.29) is 11.8 Å². The van der Waals surface area contributed by atoms with Crippen molar-refractivity contribution in [2.75, 3.05) is 0 Å². The summed E-state index contributed by atoms with van der Waals surface area (Å²) >= 11 is 0. The summed E-state index contributed by atoms with van der Waals surface area (Å²) in [4.78, 5) is 0. The van der Waals surface area contributed by atoms with Crippen LogP contribution in [0.5, 0.6) is 5.75 Å². The molecule has 1 aromatic carbocycles. The average molecular weight is 203 g/mol. The Morgan fingerprint density at radius 3 is 2.80 bits per heavy atom. The molecular formula is C12H13NO2. The smallest absolute Gasteiger partial charge is 0.120 e. The van der Waals surface area contributed by atoms with Crippen LogP contribution in [0.1, 0.15) is 17.4 Å². The molecule has 1 atom stereocenters. The van der Waals surface area contributed by atoms with Crippen LogP contribution >= 0.6 is 0 Å². The van der Waals surface area contributed by atoms with Crippen molar-refractivity contribution in [1.29, 1.82) is 0 Å². The first-order chi connectivity index (χ1) is 7.25. The van der Waals surface area contributed by atoms with Crippen LogP contribution in [0.2, 0.25) is 0 Å². The molecule has 1 aromatic heterocycles. The van der Waals surface area contributed by atoms with Gasteiger partial charge in [0, 0.05) is 0 Å². The normalized spacial score (nSPS) is 12.6. The highest BCUT2D eigenvalue weighted by Crippen LogP contribution is 2.18. The topological polar surface area (TPSA) is 59.4 Å². The number of phenolic OH excluding ortho intramolecular Hbond substituents is 1. The lowest BCUT2D eigenvalue weighted by atomic mass is 10.0. The summed E-state index contributed by atoms with van der Waals surface area (Å²) in [7, 11) is 0. The maximum absolute atomic E-state index is 9.29. The van der Waals surface area contributed by atoms with Crippen LogP contribution in [0.25, 0.3) is 0 Å². The fraction of sp³-hybridized carbons (Fsp3) is 0.167. The van der Waals surface area contributed by atoms with Crippen molar-refractivity contribution in [3.8, 4) is 5.75 Å². The first-order valence-corrected chi connectivity index (χ1v) is 4.82. The molecule has 0 aliphatic carbocycles.